The summed E-state index contributed by atoms with van der Waals surface area (Å²) in [4.78, 5) is 16.5. The van der Waals surface area contributed by atoms with Crippen LogP contribution in [0.25, 0.3) is 0 Å². The number of aryl methyl sites for hydroxylation is 1. The third kappa shape index (κ3) is 5.19. The second kappa shape index (κ2) is 7.65. The van der Waals surface area contributed by atoms with E-state index in [1.807, 2.05) is 19.0 Å². The molecule has 106 valence electrons. The molecule has 0 amide bonds. The van der Waals surface area contributed by atoms with Gasteiger partial charge < -0.3 is 15.0 Å². The lowest BCUT2D eigenvalue weighted by Crippen LogP contribution is -2.20. The number of anilines is 1. The lowest BCUT2D eigenvalue weighted by Gasteiger charge is -2.10. The van der Waals surface area contributed by atoms with E-state index in [2.05, 4.69) is 10.3 Å². The van der Waals surface area contributed by atoms with Crippen molar-refractivity contribution in [2.75, 3.05) is 45.7 Å². The average Bonchev–Trinajstić information content (AvgIpc) is 2.32. The summed E-state index contributed by atoms with van der Waals surface area (Å²) in [5.41, 5.74) is 0.617. The number of nitrogens with one attached hydrogen (secondary N) is 1. The van der Waals surface area contributed by atoms with Crippen molar-refractivity contribution in [3.05, 3.63) is 27.9 Å². The first-order valence-electron chi connectivity index (χ1n) is 6.08. The Bertz CT molecular complexity index is 423. The van der Waals surface area contributed by atoms with Gasteiger partial charge in [0.1, 0.15) is 0 Å². The van der Waals surface area contributed by atoms with E-state index in [4.69, 9.17) is 4.74 Å². The predicted molar refractivity (Wildman–Crippen MR) is 73.5 cm³/mol. The molecule has 0 aromatic carbocycles. The molecule has 1 heterocycles. The smallest absolute Gasteiger partial charge is 0.314 e. The van der Waals surface area contributed by atoms with Gasteiger partial charge in [-0.05, 0) is 27.1 Å². The molecule has 1 rings (SSSR count). The first-order chi connectivity index (χ1) is 9.02. The fourth-order valence-electron chi connectivity index (χ4n) is 1.50. The van der Waals surface area contributed by atoms with Crippen LogP contribution < -0.4 is 5.32 Å². The predicted octanol–water partition coefficient (Wildman–Crippen LogP) is 1.29. The van der Waals surface area contributed by atoms with E-state index < -0.39 is 4.92 Å². The molecule has 0 aliphatic heterocycles. The van der Waals surface area contributed by atoms with Crippen molar-refractivity contribution in [3.8, 4) is 0 Å². The topological polar surface area (TPSA) is 80.5 Å². The van der Waals surface area contributed by atoms with E-state index in [9.17, 15) is 10.1 Å². The van der Waals surface area contributed by atoms with Crippen LogP contribution in [-0.2, 0) is 4.74 Å². The Morgan fingerprint density at radius 1 is 1.47 bits per heavy atom. The minimum Gasteiger partial charge on any atom is -0.378 e. The van der Waals surface area contributed by atoms with Crippen molar-refractivity contribution in [3.63, 3.8) is 0 Å². The summed E-state index contributed by atoms with van der Waals surface area (Å²) in [5, 5.41) is 13.9. The highest BCUT2D eigenvalue weighted by Gasteiger charge is 2.17. The molecule has 7 nitrogen and oxygen atoms in total. The van der Waals surface area contributed by atoms with Crippen LogP contribution in [0.1, 0.15) is 5.56 Å². The van der Waals surface area contributed by atoms with Gasteiger partial charge in [-0.15, -0.1) is 0 Å². The summed E-state index contributed by atoms with van der Waals surface area (Å²) in [6.45, 7) is 4.16. The molecule has 19 heavy (non-hydrogen) atoms. The summed E-state index contributed by atoms with van der Waals surface area (Å²) in [6, 6.07) is 1.62. The van der Waals surface area contributed by atoms with Crippen LogP contribution in [0, 0.1) is 17.0 Å². The number of nitro groups is 1. The number of nitrogens with zero attached hydrogens (tertiary/aromatic N) is 3. The van der Waals surface area contributed by atoms with Gasteiger partial charge in [0.25, 0.3) is 0 Å². The second-order valence-electron chi connectivity index (χ2n) is 4.42. The average molecular weight is 268 g/mol. The Labute approximate surface area is 112 Å². The quantitative estimate of drug-likeness (QED) is 0.434. The van der Waals surface area contributed by atoms with Gasteiger partial charge in [0.05, 0.1) is 18.1 Å². The number of ether oxygens (including phenoxy) is 1. The Balaban J connectivity index is 2.41. The number of hydrogen-bond acceptors (Lipinski definition) is 6. The van der Waals surface area contributed by atoms with Gasteiger partial charge in [0.15, 0.2) is 0 Å². The molecule has 0 fully saturated rings. The lowest BCUT2D eigenvalue weighted by molar-refractivity contribution is -0.384. The SMILES string of the molecule is Cc1ccnc(NCCOCCN(C)C)c1[N+](=O)[O-]. The molecule has 0 bridgehead atoms. The molecule has 1 aromatic heterocycles. The van der Waals surface area contributed by atoms with Crippen molar-refractivity contribution in [2.45, 2.75) is 6.92 Å². The molecule has 0 spiro atoms. The molecule has 0 saturated carbocycles. The maximum atomic E-state index is 10.9. The van der Waals surface area contributed by atoms with Crippen molar-refractivity contribution in [1.29, 1.82) is 0 Å². The maximum Gasteiger partial charge on any atom is 0.314 e. The van der Waals surface area contributed by atoms with E-state index in [1.54, 1.807) is 19.2 Å². The minimum atomic E-state index is -0.419. The van der Waals surface area contributed by atoms with Crippen LogP contribution in [0.3, 0.4) is 0 Å². The molecule has 0 aliphatic rings. The van der Waals surface area contributed by atoms with Gasteiger partial charge in [-0.25, -0.2) is 4.98 Å². The Morgan fingerprint density at radius 2 is 2.21 bits per heavy atom. The van der Waals surface area contributed by atoms with E-state index in [1.165, 1.54) is 0 Å². The van der Waals surface area contributed by atoms with Gasteiger partial charge in [-0.2, -0.15) is 0 Å². The van der Waals surface area contributed by atoms with E-state index in [0.717, 1.165) is 6.54 Å². The summed E-state index contributed by atoms with van der Waals surface area (Å²) < 4.78 is 5.39. The number of rotatable bonds is 8. The third-order valence-corrected chi connectivity index (χ3v) is 2.53. The molecule has 0 atom stereocenters. The molecule has 0 unspecified atom stereocenters. The van der Waals surface area contributed by atoms with Crippen LogP contribution in [-0.4, -0.2) is 55.2 Å². The first kappa shape index (κ1) is 15.3. The standard InChI is InChI=1S/C12H20N4O3/c1-10-4-5-13-12(11(10)16(17)18)14-6-8-19-9-7-15(2)3/h4-5H,6-9H2,1-3H3,(H,13,14). The zero-order chi connectivity index (χ0) is 14.3. The highest BCUT2D eigenvalue weighted by molar-refractivity contribution is 5.59. The normalized spacial score (nSPS) is 10.7. The molecule has 7 heteroatoms. The van der Waals surface area contributed by atoms with Crippen molar-refractivity contribution in [1.82, 2.24) is 9.88 Å². The number of aromatic nitrogens is 1. The molecular formula is C12H20N4O3. The summed E-state index contributed by atoms with van der Waals surface area (Å²) in [7, 11) is 3.95. The summed E-state index contributed by atoms with van der Waals surface area (Å²) >= 11 is 0. The molecule has 0 radical (unpaired) electrons. The maximum absolute atomic E-state index is 10.9. The third-order valence-electron chi connectivity index (χ3n) is 2.53. The van der Waals surface area contributed by atoms with Crippen LogP contribution in [0.5, 0.6) is 0 Å². The molecular weight excluding hydrogens is 248 g/mol. The number of hydrogen-bond donors (Lipinski definition) is 1. The fourth-order valence-corrected chi connectivity index (χ4v) is 1.50. The minimum absolute atomic E-state index is 0.0239. The lowest BCUT2D eigenvalue weighted by atomic mass is 10.2. The van der Waals surface area contributed by atoms with Gasteiger partial charge >= 0.3 is 5.69 Å². The Kier molecular flexibility index (Phi) is 6.17. The van der Waals surface area contributed by atoms with Crippen LogP contribution in [0.4, 0.5) is 11.5 Å². The second-order valence-corrected chi connectivity index (χ2v) is 4.42. The molecule has 0 saturated heterocycles. The van der Waals surface area contributed by atoms with Crippen LogP contribution in [0.2, 0.25) is 0 Å². The van der Waals surface area contributed by atoms with Gasteiger partial charge in [-0.3, -0.25) is 10.1 Å². The van der Waals surface area contributed by atoms with Gasteiger partial charge in [0.2, 0.25) is 5.82 Å². The van der Waals surface area contributed by atoms with E-state index in [-0.39, 0.29) is 5.69 Å². The molecule has 0 aliphatic carbocycles. The monoisotopic (exact) mass is 268 g/mol. The van der Waals surface area contributed by atoms with E-state index >= 15 is 0 Å². The summed E-state index contributed by atoms with van der Waals surface area (Å²) in [5.74, 6) is 0.293. The fraction of sp³-hybridized carbons (Fsp3) is 0.583. The highest BCUT2D eigenvalue weighted by atomic mass is 16.6. The number of pyridine rings is 1. The zero-order valence-electron chi connectivity index (χ0n) is 11.5. The molecule has 1 N–H and O–H groups in total. The molecule has 1 aromatic rings. The summed E-state index contributed by atoms with van der Waals surface area (Å²) in [6.07, 6.45) is 1.55. The Morgan fingerprint density at radius 3 is 2.84 bits per heavy atom. The van der Waals surface area contributed by atoms with Crippen LogP contribution >= 0.6 is 0 Å². The van der Waals surface area contributed by atoms with Crippen LogP contribution in [0.15, 0.2) is 12.3 Å². The van der Waals surface area contributed by atoms with Gasteiger partial charge in [-0.1, -0.05) is 0 Å². The van der Waals surface area contributed by atoms with Crippen molar-refractivity contribution in [2.24, 2.45) is 0 Å². The number of likely N-dealkylation sites (N-methyl/N-ethyl adjacent to an activating group) is 1. The first-order valence-corrected chi connectivity index (χ1v) is 6.08. The van der Waals surface area contributed by atoms with Crippen molar-refractivity contribution >= 4 is 11.5 Å². The largest absolute Gasteiger partial charge is 0.378 e. The highest BCUT2D eigenvalue weighted by Crippen LogP contribution is 2.24. The van der Waals surface area contributed by atoms with E-state index in [0.29, 0.717) is 31.1 Å². The van der Waals surface area contributed by atoms with Gasteiger partial charge in [0, 0.05) is 24.8 Å². The van der Waals surface area contributed by atoms with Crippen molar-refractivity contribution < 1.29 is 9.66 Å². The zero-order valence-corrected chi connectivity index (χ0v) is 11.5. The Hall–Kier alpha value is -1.73.